The lowest BCUT2D eigenvalue weighted by molar-refractivity contribution is -0.512. The zero-order chi connectivity index (χ0) is 11.7. The third kappa shape index (κ3) is 1.48. The molecule has 2 heterocycles. The van der Waals surface area contributed by atoms with Crippen molar-refractivity contribution in [1.82, 2.24) is 0 Å². The summed E-state index contributed by atoms with van der Waals surface area (Å²) < 4.78 is 1.57. The Kier molecular flexibility index (Phi) is 2.28. The molecule has 0 bridgehead atoms. The molecule has 0 aliphatic carbocycles. The molecule has 5 nitrogen and oxygen atoms in total. The maximum absolute atomic E-state index is 11.1. The van der Waals surface area contributed by atoms with Gasteiger partial charge in [0.25, 0.3) is 0 Å². The van der Waals surface area contributed by atoms with Crippen molar-refractivity contribution in [3.05, 3.63) is 47.8 Å². The zero-order valence-electron chi connectivity index (χ0n) is 8.12. The van der Waals surface area contributed by atoms with E-state index in [1.165, 1.54) is 12.3 Å². The molecule has 0 aliphatic rings. The highest BCUT2D eigenvalue weighted by Crippen LogP contribution is 2.12. The van der Waals surface area contributed by atoms with E-state index >= 15 is 0 Å². The Bertz CT molecular complexity index is 592. The van der Waals surface area contributed by atoms with Crippen molar-refractivity contribution < 1.29 is 24.2 Å². The Morgan fingerprint density at radius 3 is 2.38 bits per heavy atom. The van der Waals surface area contributed by atoms with Gasteiger partial charge in [0.2, 0.25) is 5.52 Å². The quantitative estimate of drug-likeness (QED) is 0.731. The molecule has 2 rings (SSSR count). The molecule has 0 aliphatic heterocycles. The van der Waals surface area contributed by atoms with E-state index in [-0.39, 0.29) is 11.1 Å². The van der Waals surface area contributed by atoms with Gasteiger partial charge in [-0.3, -0.25) is 0 Å². The second-order valence-electron chi connectivity index (χ2n) is 3.21. The normalized spacial score (nSPS) is 10.2. The highest BCUT2D eigenvalue weighted by Gasteiger charge is 2.23. The molecule has 2 aromatic rings. The maximum atomic E-state index is 11.1. The number of aromatic carboxylic acids is 2. The molecule has 16 heavy (non-hydrogen) atoms. The van der Waals surface area contributed by atoms with Crippen LogP contribution < -0.4 is 4.40 Å². The first kappa shape index (κ1) is 10.1. The summed E-state index contributed by atoms with van der Waals surface area (Å²) in [6, 6.07) is 6.24. The Hall–Kier alpha value is -2.43. The second-order valence-corrected chi connectivity index (χ2v) is 3.21. The largest absolute Gasteiger partial charge is 0.478 e. The molecule has 5 heteroatoms. The van der Waals surface area contributed by atoms with Gasteiger partial charge < -0.3 is 10.2 Å². The smallest absolute Gasteiger partial charge is 0.343 e. The lowest BCUT2D eigenvalue weighted by atomic mass is 10.1. The summed E-state index contributed by atoms with van der Waals surface area (Å²) >= 11 is 0. The van der Waals surface area contributed by atoms with Crippen molar-refractivity contribution in [3.63, 3.8) is 0 Å². The first-order valence-corrected chi connectivity index (χ1v) is 4.51. The van der Waals surface area contributed by atoms with E-state index in [0.29, 0.717) is 5.52 Å². The summed E-state index contributed by atoms with van der Waals surface area (Å²) in [6.45, 7) is 0. The van der Waals surface area contributed by atoms with Crippen LogP contribution in [0, 0.1) is 0 Å². The predicted molar refractivity (Wildman–Crippen MR) is 53.5 cm³/mol. The van der Waals surface area contributed by atoms with E-state index in [9.17, 15) is 9.59 Å². The summed E-state index contributed by atoms with van der Waals surface area (Å²) in [5, 5.41) is 17.9. The molecule has 80 valence electrons. The number of aromatic nitrogens is 1. The zero-order valence-corrected chi connectivity index (χ0v) is 8.12. The van der Waals surface area contributed by atoms with Gasteiger partial charge in [-0.1, -0.05) is 0 Å². The van der Waals surface area contributed by atoms with Crippen LogP contribution in [0.2, 0.25) is 0 Å². The first-order valence-electron chi connectivity index (χ1n) is 4.51. The van der Waals surface area contributed by atoms with Crippen molar-refractivity contribution in [3.8, 4) is 0 Å². The molecule has 0 radical (unpaired) electrons. The molecule has 0 atom stereocenters. The molecular weight excluding hydrogens is 210 g/mol. The summed E-state index contributed by atoms with van der Waals surface area (Å²) in [7, 11) is 0. The van der Waals surface area contributed by atoms with Crippen molar-refractivity contribution in [2.24, 2.45) is 0 Å². The number of pyridine rings is 2. The maximum Gasteiger partial charge on any atom is 0.343 e. The van der Waals surface area contributed by atoms with Crippen molar-refractivity contribution in [1.29, 1.82) is 0 Å². The minimum Gasteiger partial charge on any atom is -0.478 e. The third-order valence-electron chi connectivity index (χ3n) is 2.26. The van der Waals surface area contributed by atoms with Crippen LogP contribution in [0.5, 0.6) is 0 Å². The SMILES string of the molecule is O=C(O)c1cc[n+]2ccccc2c1C(=O)O. The molecule has 0 amide bonds. The van der Waals surface area contributed by atoms with Gasteiger partial charge >= 0.3 is 11.9 Å². The number of hydrogen-bond donors (Lipinski definition) is 2. The van der Waals surface area contributed by atoms with Gasteiger partial charge in [0.15, 0.2) is 12.4 Å². The van der Waals surface area contributed by atoms with Crippen LogP contribution in [0.3, 0.4) is 0 Å². The van der Waals surface area contributed by atoms with Gasteiger partial charge in [0.05, 0.1) is 5.56 Å². The highest BCUT2D eigenvalue weighted by molar-refractivity contribution is 6.05. The van der Waals surface area contributed by atoms with Crippen LogP contribution in [0.1, 0.15) is 20.7 Å². The molecular formula is C11H8NO4+. The van der Waals surface area contributed by atoms with Crippen molar-refractivity contribution in [2.75, 3.05) is 0 Å². The third-order valence-corrected chi connectivity index (χ3v) is 2.26. The lowest BCUT2D eigenvalue weighted by Crippen LogP contribution is -2.25. The number of nitrogens with zero attached hydrogens (tertiary/aromatic N) is 1. The highest BCUT2D eigenvalue weighted by atomic mass is 16.4. The van der Waals surface area contributed by atoms with Gasteiger partial charge in [-0.15, -0.1) is 0 Å². The standard InChI is InChI=1S/C11H7NO4/c13-10(14)7-4-6-12-5-2-1-3-8(12)9(7)11(15)16/h1-6H,(H-,13,14,15,16)/p+1. The van der Waals surface area contributed by atoms with Crippen LogP contribution in [0.4, 0.5) is 0 Å². The molecule has 0 fully saturated rings. The molecule has 0 spiro atoms. The molecule has 0 saturated heterocycles. The van der Waals surface area contributed by atoms with Crippen LogP contribution in [-0.4, -0.2) is 22.2 Å². The number of carboxylic acids is 2. The molecule has 2 N–H and O–H groups in total. The van der Waals surface area contributed by atoms with Gasteiger partial charge in [-0.2, -0.15) is 4.40 Å². The fourth-order valence-corrected chi connectivity index (χ4v) is 1.58. The van der Waals surface area contributed by atoms with E-state index in [0.717, 1.165) is 0 Å². The fourth-order valence-electron chi connectivity index (χ4n) is 1.58. The van der Waals surface area contributed by atoms with Gasteiger partial charge in [0.1, 0.15) is 5.56 Å². The molecule has 0 aromatic carbocycles. The summed E-state index contributed by atoms with van der Waals surface area (Å²) in [6.07, 6.45) is 3.18. The lowest BCUT2D eigenvalue weighted by Gasteiger charge is -2.00. The van der Waals surface area contributed by atoms with Gasteiger partial charge in [-0.05, 0) is 6.07 Å². The second kappa shape index (κ2) is 3.62. The Morgan fingerprint density at radius 2 is 1.75 bits per heavy atom. The topological polar surface area (TPSA) is 78.7 Å². The van der Waals surface area contributed by atoms with Gasteiger partial charge in [0, 0.05) is 18.2 Å². The Morgan fingerprint density at radius 1 is 1.00 bits per heavy atom. The number of rotatable bonds is 2. The van der Waals surface area contributed by atoms with Gasteiger partial charge in [-0.25, -0.2) is 9.59 Å². The number of carbonyl (C=O) groups is 2. The predicted octanol–water partition coefficient (Wildman–Crippen LogP) is 0.822. The van der Waals surface area contributed by atoms with Crippen LogP contribution in [-0.2, 0) is 0 Å². The molecule has 0 unspecified atom stereocenters. The number of fused-ring (bicyclic) bond motifs is 1. The van der Waals surface area contributed by atoms with E-state index < -0.39 is 11.9 Å². The minimum absolute atomic E-state index is 0.199. The van der Waals surface area contributed by atoms with E-state index in [4.69, 9.17) is 10.2 Å². The van der Waals surface area contributed by atoms with E-state index in [1.807, 2.05) is 0 Å². The minimum atomic E-state index is -1.25. The van der Waals surface area contributed by atoms with Crippen LogP contribution >= 0.6 is 0 Å². The van der Waals surface area contributed by atoms with E-state index in [2.05, 4.69) is 0 Å². The van der Waals surface area contributed by atoms with Crippen LogP contribution in [0.15, 0.2) is 36.7 Å². The average molecular weight is 218 g/mol. The average Bonchev–Trinajstić information content (AvgIpc) is 2.27. The van der Waals surface area contributed by atoms with E-state index in [1.54, 1.807) is 28.8 Å². The molecule has 0 saturated carbocycles. The number of carboxylic acid groups (broad SMARTS) is 2. The summed E-state index contributed by atoms with van der Waals surface area (Å²) in [5.41, 5.74) is -0.0517. The van der Waals surface area contributed by atoms with Crippen molar-refractivity contribution in [2.45, 2.75) is 0 Å². The monoisotopic (exact) mass is 218 g/mol. The fraction of sp³-hybridized carbons (Fsp3) is 0. The first-order chi connectivity index (χ1) is 7.61. The Labute approximate surface area is 90.2 Å². The van der Waals surface area contributed by atoms with Crippen LogP contribution in [0.25, 0.3) is 5.52 Å². The summed E-state index contributed by atoms with van der Waals surface area (Å²) in [5.74, 6) is -2.49. The number of hydrogen-bond acceptors (Lipinski definition) is 2. The molecule has 2 aromatic heterocycles. The Balaban J connectivity index is 2.90. The van der Waals surface area contributed by atoms with Crippen molar-refractivity contribution >= 4 is 17.5 Å². The summed E-state index contributed by atoms with van der Waals surface area (Å²) in [4.78, 5) is 22.0.